The van der Waals surface area contributed by atoms with E-state index in [1.165, 1.54) is 6.07 Å². The van der Waals surface area contributed by atoms with Crippen LogP contribution in [-0.2, 0) is 19.6 Å². The molecule has 0 bridgehead atoms. The zero-order chi connectivity index (χ0) is 19.2. The van der Waals surface area contributed by atoms with Crippen LogP contribution < -0.4 is 10.6 Å². The molecule has 0 saturated carbocycles. The number of guanidine groups is 1. The van der Waals surface area contributed by atoms with Crippen molar-refractivity contribution in [3.8, 4) is 0 Å². The van der Waals surface area contributed by atoms with Gasteiger partial charge in [-0.15, -0.1) is 34.2 Å². The summed E-state index contributed by atoms with van der Waals surface area (Å²) in [5.41, 5.74) is 2.47. The van der Waals surface area contributed by atoms with E-state index in [-0.39, 0.29) is 29.8 Å². The lowest BCUT2D eigenvalue weighted by Crippen LogP contribution is -2.36. The van der Waals surface area contributed by atoms with Gasteiger partial charge in [0.25, 0.3) is 0 Å². The van der Waals surface area contributed by atoms with E-state index in [0.29, 0.717) is 31.2 Å². The van der Waals surface area contributed by atoms with Gasteiger partial charge in [-0.25, -0.2) is 4.39 Å². The van der Waals surface area contributed by atoms with Crippen molar-refractivity contribution in [1.29, 1.82) is 0 Å². The maximum atomic E-state index is 13.9. The molecule has 0 aliphatic heterocycles. The van der Waals surface area contributed by atoms with Crippen LogP contribution in [0.15, 0.2) is 47.6 Å². The third-order valence-corrected chi connectivity index (χ3v) is 4.08. The Kier molecular flexibility index (Phi) is 8.12. The van der Waals surface area contributed by atoms with Gasteiger partial charge in [0.2, 0.25) is 0 Å². The molecule has 0 radical (unpaired) electrons. The van der Waals surface area contributed by atoms with Crippen molar-refractivity contribution in [2.45, 2.75) is 19.6 Å². The largest absolute Gasteiger partial charge is 0.352 e. The van der Waals surface area contributed by atoms with Gasteiger partial charge in [-0.2, -0.15) is 0 Å². The van der Waals surface area contributed by atoms with E-state index in [1.807, 2.05) is 53.9 Å². The zero-order valence-electron chi connectivity index (χ0n) is 16.2. The van der Waals surface area contributed by atoms with E-state index in [0.717, 1.165) is 17.0 Å². The molecule has 1 aromatic carbocycles. The Morgan fingerprint density at radius 2 is 1.93 bits per heavy atom. The Labute approximate surface area is 181 Å². The number of hydrogen-bond donors (Lipinski definition) is 2. The molecular formula is C19H25FIN7. The first-order valence-electron chi connectivity index (χ1n) is 8.72. The first-order chi connectivity index (χ1) is 13.1. The summed E-state index contributed by atoms with van der Waals surface area (Å²) in [5.74, 6) is 1.25. The first-order valence-corrected chi connectivity index (χ1v) is 8.72. The summed E-state index contributed by atoms with van der Waals surface area (Å²) < 4.78 is 15.8. The third-order valence-electron chi connectivity index (χ3n) is 4.08. The van der Waals surface area contributed by atoms with Crippen LogP contribution in [0.2, 0.25) is 0 Å². The van der Waals surface area contributed by atoms with Gasteiger partial charge >= 0.3 is 0 Å². The molecule has 0 unspecified atom stereocenters. The van der Waals surface area contributed by atoms with Crippen molar-refractivity contribution in [2.24, 2.45) is 4.99 Å². The smallest absolute Gasteiger partial charge is 0.191 e. The van der Waals surface area contributed by atoms with Crippen LogP contribution in [0.3, 0.4) is 0 Å². The van der Waals surface area contributed by atoms with Crippen LogP contribution in [0.25, 0.3) is 5.65 Å². The first kappa shape index (κ1) is 22.0. The maximum absolute atomic E-state index is 13.9. The Morgan fingerprint density at radius 3 is 2.68 bits per heavy atom. The fourth-order valence-corrected chi connectivity index (χ4v) is 2.78. The summed E-state index contributed by atoms with van der Waals surface area (Å²) in [6.45, 7) is 1.59. The molecule has 0 aliphatic rings. The van der Waals surface area contributed by atoms with Gasteiger partial charge in [0.05, 0.1) is 6.54 Å². The minimum atomic E-state index is -0.186. The number of nitrogens with one attached hydrogen (secondary N) is 2. The summed E-state index contributed by atoms with van der Waals surface area (Å²) in [7, 11) is 5.55. The summed E-state index contributed by atoms with van der Waals surface area (Å²) in [6.07, 6.45) is 1.92. The molecule has 2 heterocycles. The number of aromatic nitrogens is 3. The van der Waals surface area contributed by atoms with Crippen molar-refractivity contribution < 1.29 is 4.39 Å². The number of nitrogens with zero attached hydrogens (tertiary/aromatic N) is 5. The van der Waals surface area contributed by atoms with Crippen molar-refractivity contribution in [3.05, 3.63) is 65.4 Å². The summed E-state index contributed by atoms with van der Waals surface area (Å²) in [6, 6.07) is 10.9. The van der Waals surface area contributed by atoms with E-state index in [9.17, 15) is 4.39 Å². The molecule has 0 spiro atoms. The minimum Gasteiger partial charge on any atom is -0.352 e. The molecule has 0 atom stereocenters. The van der Waals surface area contributed by atoms with Crippen molar-refractivity contribution >= 4 is 35.6 Å². The van der Waals surface area contributed by atoms with E-state index in [2.05, 4.69) is 25.8 Å². The van der Waals surface area contributed by atoms with E-state index >= 15 is 0 Å². The highest BCUT2D eigenvalue weighted by Gasteiger charge is 2.07. The molecule has 7 nitrogen and oxygen atoms in total. The average Bonchev–Trinajstić information content (AvgIpc) is 3.07. The molecular weight excluding hydrogens is 472 g/mol. The number of hydrogen-bond acceptors (Lipinski definition) is 4. The van der Waals surface area contributed by atoms with Crippen LogP contribution >= 0.6 is 24.0 Å². The third kappa shape index (κ3) is 5.61. The lowest BCUT2D eigenvalue weighted by atomic mass is 10.1. The Bertz CT molecular complexity index is 939. The predicted molar refractivity (Wildman–Crippen MR) is 119 cm³/mol. The molecule has 0 saturated heterocycles. The van der Waals surface area contributed by atoms with Gasteiger partial charge in [-0.3, -0.25) is 9.39 Å². The number of rotatable bonds is 6. The van der Waals surface area contributed by atoms with Gasteiger partial charge < -0.3 is 15.5 Å². The molecule has 3 rings (SSSR count). The number of fused-ring (bicyclic) bond motifs is 1. The lowest BCUT2D eigenvalue weighted by Gasteiger charge is -2.14. The highest BCUT2D eigenvalue weighted by molar-refractivity contribution is 14.0. The van der Waals surface area contributed by atoms with Crippen molar-refractivity contribution in [3.63, 3.8) is 0 Å². The highest BCUT2D eigenvalue weighted by Crippen LogP contribution is 2.12. The molecule has 0 amide bonds. The molecule has 9 heteroatoms. The van der Waals surface area contributed by atoms with Crippen molar-refractivity contribution in [1.82, 2.24) is 30.1 Å². The average molecular weight is 497 g/mol. The second-order valence-electron chi connectivity index (χ2n) is 6.49. The Morgan fingerprint density at radius 1 is 1.14 bits per heavy atom. The van der Waals surface area contributed by atoms with E-state index in [1.54, 1.807) is 13.1 Å². The Hall–Kier alpha value is -2.27. The fraction of sp³-hybridized carbons (Fsp3) is 0.316. The second-order valence-corrected chi connectivity index (χ2v) is 6.49. The minimum absolute atomic E-state index is 0. The molecule has 3 aromatic rings. The summed E-state index contributed by atoms with van der Waals surface area (Å²) in [5, 5.41) is 14.8. The van der Waals surface area contributed by atoms with Crippen LogP contribution in [0.4, 0.5) is 4.39 Å². The van der Waals surface area contributed by atoms with Crippen LogP contribution in [-0.4, -0.2) is 46.6 Å². The Balaban J connectivity index is 0.00000280. The lowest BCUT2D eigenvalue weighted by molar-refractivity contribution is 0.392. The summed E-state index contributed by atoms with van der Waals surface area (Å²) in [4.78, 5) is 6.17. The second kappa shape index (κ2) is 10.3. The maximum Gasteiger partial charge on any atom is 0.191 e. The molecule has 2 N–H and O–H groups in total. The van der Waals surface area contributed by atoms with Gasteiger partial charge in [-0.1, -0.05) is 12.1 Å². The SMILES string of the molecule is CN=C(NCc1ccc(F)c(CN(C)C)c1)NCc1nnc2ccccn12.I. The standard InChI is InChI=1S/C19H24FN7.HI/c1-21-19(23-12-18-25-24-17-6-4-5-9-27(17)18)22-11-14-7-8-16(20)15(10-14)13-26(2)3;/h4-10H,11-13H2,1-3H3,(H2,21,22,23);1H. The monoisotopic (exact) mass is 497 g/mol. The van der Waals surface area contributed by atoms with Gasteiger partial charge in [0.1, 0.15) is 5.82 Å². The number of benzene rings is 1. The number of pyridine rings is 1. The highest BCUT2D eigenvalue weighted by atomic mass is 127. The molecule has 0 aliphatic carbocycles. The van der Waals surface area contributed by atoms with Crippen LogP contribution in [0.5, 0.6) is 0 Å². The van der Waals surface area contributed by atoms with Gasteiger partial charge in [0.15, 0.2) is 17.4 Å². The quantitative estimate of drug-likeness (QED) is 0.311. The normalized spacial score (nSPS) is 11.5. The van der Waals surface area contributed by atoms with Gasteiger partial charge in [0, 0.05) is 31.9 Å². The molecule has 150 valence electrons. The van der Waals surface area contributed by atoms with E-state index in [4.69, 9.17) is 0 Å². The van der Waals surface area contributed by atoms with Gasteiger partial charge in [-0.05, 0) is 43.9 Å². The van der Waals surface area contributed by atoms with Crippen LogP contribution in [0, 0.1) is 5.82 Å². The van der Waals surface area contributed by atoms with Crippen LogP contribution in [0.1, 0.15) is 17.0 Å². The molecule has 28 heavy (non-hydrogen) atoms. The topological polar surface area (TPSA) is 69.8 Å². The predicted octanol–water partition coefficient (Wildman–Crippen LogP) is 2.41. The summed E-state index contributed by atoms with van der Waals surface area (Å²) >= 11 is 0. The fourth-order valence-electron chi connectivity index (χ4n) is 2.78. The van der Waals surface area contributed by atoms with Crippen molar-refractivity contribution in [2.75, 3.05) is 21.1 Å². The zero-order valence-corrected chi connectivity index (χ0v) is 18.5. The molecule has 0 fully saturated rings. The van der Waals surface area contributed by atoms with E-state index < -0.39 is 0 Å². The molecule has 2 aromatic heterocycles. The number of halogens is 2. The number of aliphatic imine (C=N–C) groups is 1.